The number of aliphatic hydroxyl groups is 4. The first-order chi connectivity index (χ1) is 20.4. The Hall–Kier alpha value is -0.320. The molecule has 8 nitrogen and oxygen atoms in total. The van der Waals surface area contributed by atoms with E-state index in [1.807, 2.05) is 34.6 Å². The second-order valence-electron chi connectivity index (χ2n) is 13.6. The first kappa shape index (κ1) is 50.5. The van der Waals surface area contributed by atoms with E-state index in [2.05, 4.69) is 20.8 Å². The zero-order chi connectivity index (χ0) is 35.0. The molecule has 0 aliphatic carbocycles. The maximum absolute atomic E-state index is 9.92. The Morgan fingerprint density at radius 2 is 0.705 bits per heavy atom. The van der Waals surface area contributed by atoms with Gasteiger partial charge < -0.3 is 39.4 Å². The maximum Gasteiger partial charge on any atom is 0.0852 e. The highest BCUT2D eigenvalue weighted by Crippen LogP contribution is 2.16. The Kier molecular flexibility index (Phi) is 37.5. The van der Waals surface area contributed by atoms with Gasteiger partial charge in [0, 0.05) is 26.4 Å². The van der Waals surface area contributed by atoms with Gasteiger partial charge in [-0.05, 0) is 81.1 Å². The minimum Gasteiger partial charge on any atom is -0.388 e. The smallest absolute Gasteiger partial charge is 0.0852 e. The fourth-order valence-electron chi connectivity index (χ4n) is 3.59. The van der Waals surface area contributed by atoms with Crippen molar-refractivity contribution in [2.75, 3.05) is 52.9 Å². The normalized spacial score (nSPS) is 14.2. The molecule has 0 spiro atoms. The molecular weight excluding hydrogens is 560 g/mol. The second kappa shape index (κ2) is 32.6. The van der Waals surface area contributed by atoms with Crippen molar-refractivity contribution in [3.8, 4) is 0 Å². The van der Waals surface area contributed by atoms with Crippen molar-refractivity contribution >= 4 is 0 Å². The van der Waals surface area contributed by atoms with Crippen LogP contribution >= 0.6 is 0 Å². The minimum atomic E-state index is -0.671. The van der Waals surface area contributed by atoms with Gasteiger partial charge in [0.1, 0.15) is 0 Å². The molecule has 0 aromatic heterocycles. The van der Waals surface area contributed by atoms with E-state index >= 15 is 0 Å². The Morgan fingerprint density at radius 3 is 1.00 bits per heavy atom. The maximum atomic E-state index is 9.92. The molecule has 0 aromatic carbocycles. The van der Waals surface area contributed by atoms with Crippen LogP contribution in [0.25, 0.3) is 0 Å². The number of unbranched alkanes of at least 4 members (excludes halogenated alkanes) is 6. The molecule has 0 radical (unpaired) electrons. The molecule has 0 aromatic rings. The lowest BCUT2D eigenvalue weighted by Gasteiger charge is -2.22. The summed E-state index contributed by atoms with van der Waals surface area (Å²) in [7, 11) is 0. The molecule has 0 rings (SSSR count). The summed E-state index contributed by atoms with van der Waals surface area (Å²) in [6.45, 7) is 27.7. The van der Waals surface area contributed by atoms with Gasteiger partial charge in [-0.3, -0.25) is 0 Å². The third-order valence-electron chi connectivity index (χ3n) is 5.98. The van der Waals surface area contributed by atoms with Crippen LogP contribution in [-0.2, 0) is 18.9 Å². The highest BCUT2D eigenvalue weighted by Gasteiger charge is 2.20. The minimum absolute atomic E-state index is 0.420. The van der Waals surface area contributed by atoms with E-state index in [9.17, 15) is 10.2 Å². The highest BCUT2D eigenvalue weighted by molar-refractivity contribution is 4.72. The molecule has 0 saturated carbocycles. The third-order valence-corrected chi connectivity index (χ3v) is 5.98. The monoisotopic (exact) mass is 641 g/mol. The molecule has 0 amide bonds. The lowest BCUT2D eigenvalue weighted by atomic mass is 9.99. The van der Waals surface area contributed by atoms with Crippen molar-refractivity contribution in [2.24, 2.45) is 0 Å². The quantitative estimate of drug-likeness (QED) is 0.0788. The Morgan fingerprint density at radius 1 is 0.386 bits per heavy atom. The SMILES string of the molecule is CCCCCCC(C)(O)COCC.CCCCCCC(C)(O)COCCC.CCCOCC(C)(C)O.CCOCC(C)(C)O. The highest BCUT2D eigenvalue weighted by atomic mass is 16.5. The lowest BCUT2D eigenvalue weighted by molar-refractivity contribution is -0.0399. The number of hydrogen-bond acceptors (Lipinski definition) is 8. The molecule has 0 fully saturated rings. The summed E-state index contributed by atoms with van der Waals surface area (Å²) < 4.78 is 20.6. The van der Waals surface area contributed by atoms with Gasteiger partial charge in [0.2, 0.25) is 0 Å². The molecule has 272 valence electrons. The fourth-order valence-corrected chi connectivity index (χ4v) is 3.59. The van der Waals surface area contributed by atoms with Gasteiger partial charge in [0.15, 0.2) is 0 Å². The van der Waals surface area contributed by atoms with Crippen LogP contribution in [0.2, 0.25) is 0 Å². The molecule has 0 aliphatic rings. The third kappa shape index (κ3) is 54.2. The van der Waals surface area contributed by atoms with Crippen LogP contribution in [0.5, 0.6) is 0 Å². The fraction of sp³-hybridized carbons (Fsp3) is 1.00. The van der Waals surface area contributed by atoms with Crippen molar-refractivity contribution < 1.29 is 39.4 Å². The van der Waals surface area contributed by atoms with E-state index in [-0.39, 0.29) is 0 Å². The Bertz CT molecular complexity index is 539. The van der Waals surface area contributed by atoms with Crippen molar-refractivity contribution in [2.45, 2.75) is 183 Å². The number of ether oxygens (including phenoxy) is 4. The van der Waals surface area contributed by atoms with Gasteiger partial charge in [0.05, 0.1) is 48.8 Å². The van der Waals surface area contributed by atoms with E-state index in [0.717, 1.165) is 51.7 Å². The summed E-state index contributed by atoms with van der Waals surface area (Å²) in [4.78, 5) is 0. The number of rotatable bonds is 24. The van der Waals surface area contributed by atoms with Crippen LogP contribution < -0.4 is 0 Å². The Balaban J connectivity index is -0.000000249. The molecule has 0 bridgehead atoms. The zero-order valence-corrected chi connectivity index (χ0v) is 31.6. The van der Waals surface area contributed by atoms with Crippen LogP contribution in [0.15, 0.2) is 0 Å². The average molecular weight is 641 g/mol. The van der Waals surface area contributed by atoms with Gasteiger partial charge in [-0.1, -0.05) is 79.1 Å². The molecule has 2 unspecified atom stereocenters. The molecule has 0 heterocycles. The summed E-state index contributed by atoms with van der Waals surface area (Å²) in [5.74, 6) is 0. The standard InChI is InChI=1S/C12H26O2.C11H24O2.C7H16O2.C6H14O2/c1-4-6-7-8-9-12(3,13)11-14-10-5-2;1-4-6-7-8-9-11(3,12)10-13-5-2;1-4-5-9-6-7(2,3)8;1-4-8-5-6(2,3)7/h13H,4-11H2,1-3H3;12H,4-10H2,1-3H3;8H,4-6H2,1-3H3;7H,4-5H2,1-3H3. The van der Waals surface area contributed by atoms with Crippen molar-refractivity contribution in [3.63, 3.8) is 0 Å². The topological polar surface area (TPSA) is 118 Å². The van der Waals surface area contributed by atoms with Crippen LogP contribution in [-0.4, -0.2) is 95.7 Å². The summed E-state index contributed by atoms with van der Waals surface area (Å²) in [6, 6.07) is 0. The van der Waals surface area contributed by atoms with Gasteiger partial charge in [-0.15, -0.1) is 0 Å². The van der Waals surface area contributed by atoms with E-state index in [4.69, 9.17) is 29.2 Å². The molecule has 44 heavy (non-hydrogen) atoms. The van der Waals surface area contributed by atoms with Crippen molar-refractivity contribution in [1.82, 2.24) is 0 Å². The van der Waals surface area contributed by atoms with Gasteiger partial charge >= 0.3 is 0 Å². The van der Waals surface area contributed by atoms with E-state index < -0.39 is 22.4 Å². The molecule has 2 atom stereocenters. The van der Waals surface area contributed by atoms with Gasteiger partial charge in [-0.25, -0.2) is 0 Å². The first-order valence-electron chi connectivity index (χ1n) is 17.6. The molecule has 0 saturated heterocycles. The number of hydrogen-bond donors (Lipinski definition) is 4. The molecular formula is C36H80O8. The lowest BCUT2D eigenvalue weighted by Crippen LogP contribution is -2.30. The predicted octanol–water partition coefficient (Wildman–Crippen LogP) is 7.86. The molecule has 4 N–H and O–H groups in total. The van der Waals surface area contributed by atoms with Crippen molar-refractivity contribution in [3.05, 3.63) is 0 Å². The van der Waals surface area contributed by atoms with Crippen LogP contribution in [0.4, 0.5) is 0 Å². The average Bonchev–Trinajstić information content (AvgIpc) is 2.91. The predicted molar refractivity (Wildman–Crippen MR) is 187 cm³/mol. The second-order valence-corrected chi connectivity index (χ2v) is 13.6. The first-order valence-corrected chi connectivity index (χ1v) is 17.6. The summed E-state index contributed by atoms with van der Waals surface area (Å²) in [6.07, 6.45) is 13.4. The van der Waals surface area contributed by atoms with Crippen LogP contribution in [0.3, 0.4) is 0 Å². The van der Waals surface area contributed by atoms with E-state index in [1.54, 1.807) is 27.7 Å². The summed E-state index contributed by atoms with van der Waals surface area (Å²) in [5.41, 5.74) is -2.59. The van der Waals surface area contributed by atoms with E-state index in [0.29, 0.717) is 39.6 Å². The largest absolute Gasteiger partial charge is 0.388 e. The molecule has 0 aliphatic heterocycles. The van der Waals surface area contributed by atoms with Gasteiger partial charge in [0.25, 0.3) is 0 Å². The summed E-state index contributed by atoms with van der Waals surface area (Å²) >= 11 is 0. The van der Waals surface area contributed by atoms with Crippen LogP contribution in [0, 0.1) is 0 Å². The summed E-state index contributed by atoms with van der Waals surface area (Å²) in [5, 5.41) is 37.9. The van der Waals surface area contributed by atoms with E-state index in [1.165, 1.54) is 38.5 Å². The van der Waals surface area contributed by atoms with Crippen LogP contribution in [0.1, 0.15) is 160 Å². The van der Waals surface area contributed by atoms with Gasteiger partial charge in [-0.2, -0.15) is 0 Å². The zero-order valence-electron chi connectivity index (χ0n) is 31.6. The van der Waals surface area contributed by atoms with Crippen molar-refractivity contribution in [1.29, 1.82) is 0 Å². The Labute approximate surface area is 274 Å². The molecule has 8 heteroatoms.